The van der Waals surface area contributed by atoms with Gasteiger partial charge in [-0.3, -0.25) is 4.79 Å². The Morgan fingerprint density at radius 1 is 1.09 bits per heavy atom. The van der Waals surface area contributed by atoms with Crippen LogP contribution in [0.25, 0.3) is 10.9 Å². The van der Waals surface area contributed by atoms with Gasteiger partial charge in [-0.05, 0) is 35.7 Å². The van der Waals surface area contributed by atoms with E-state index in [9.17, 15) is 4.79 Å². The predicted octanol–water partition coefficient (Wildman–Crippen LogP) is 5.01. The Bertz CT molecular complexity index is 871. The molecule has 3 aromatic rings. The number of halogens is 2. The van der Waals surface area contributed by atoms with Crippen LogP contribution in [0.2, 0.25) is 10.0 Å². The molecule has 0 saturated heterocycles. The summed E-state index contributed by atoms with van der Waals surface area (Å²) in [5, 5.41) is 11.2. The number of hydrogen-bond acceptors (Lipinski definition) is 1. The molecule has 0 saturated carbocycles. The van der Waals surface area contributed by atoms with Crippen LogP contribution in [0.3, 0.4) is 0 Å². The number of hydrogen-bond donors (Lipinski definition) is 1. The first-order valence-electron chi connectivity index (χ1n) is 7.27. The summed E-state index contributed by atoms with van der Waals surface area (Å²) in [4.78, 5) is 10.8. The van der Waals surface area contributed by atoms with Gasteiger partial charge in [0.25, 0.3) is 0 Å². The summed E-state index contributed by atoms with van der Waals surface area (Å²) in [6.45, 7) is 0.615. The van der Waals surface area contributed by atoms with Gasteiger partial charge in [-0.25, -0.2) is 0 Å². The fraction of sp³-hybridized carbons (Fsp3) is 0.167. The molecule has 0 radical (unpaired) electrons. The molecule has 3 nitrogen and oxygen atoms in total. The zero-order chi connectivity index (χ0) is 16.4. The lowest BCUT2D eigenvalue weighted by Gasteiger charge is -2.08. The number of aryl methyl sites for hydroxylation is 1. The second kappa shape index (κ2) is 6.65. The van der Waals surface area contributed by atoms with E-state index in [2.05, 4.69) is 4.57 Å². The minimum Gasteiger partial charge on any atom is -0.481 e. The maximum atomic E-state index is 10.8. The van der Waals surface area contributed by atoms with E-state index >= 15 is 0 Å². The molecule has 0 aliphatic rings. The van der Waals surface area contributed by atoms with Gasteiger partial charge in [-0.1, -0.05) is 47.5 Å². The van der Waals surface area contributed by atoms with E-state index < -0.39 is 5.97 Å². The van der Waals surface area contributed by atoms with Crippen LogP contribution in [0, 0.1) is 0 Å². The van der Waals surface area contributed by atoms with E-state index in [4.69, 9.17) is 28.3 Å². The first-order valence-corrected chi connectivity index (χ1v) is 8.02. The lowest BCUT2D eigenvalue weighted by molar-refractivity contribution is -0.136. The monoisotopic (exact) mass is 347 g/mol. The Hall–Kier alpha value is -1.97. The van der Waals surface area contributed by atoms with Crippen LogP contribution in [0.1, 0.15) is 17.5 Å². The van der Waals surface area contributed by atoms with E-state index in [1.54, 1.807) is 6.07 Å². The molecule has 0 bridgehead atoms. The molecule has 1 N–H and O–H groups in total. The van der Waals surface area contributed by atoms with Gasteiger partial charge in [0, 0.05) is 40.1 Å². The number of aromatic nitrogens is 1. The Morgan fingerprint density at radius 3 is 2.61 bits per heavy atom. The standard InChI is InChI=1S/C18H15Cl2NO2/c19-14-7-5-13(16(20)9-14)11-21-10-12(6-8-18(22)23)15-3-1-2-4-17(15)21/h1-5,7,9-10H,6,8,11H2,(H,22,23). The van der Waals surface area contributed by atoms with Gasteiger partial charge >= 0.3 is 5.97 Å². The Morgan fingerprint density at radius 2 is 1.87 bits per heavy atom. The highest BCUT2D eigenvalue weighted by Gasteiger charge is 2.11. The number of para-hydroxylation sites is 1. The molecule has 1 aromatic heterocycles. The minimum absolute atomic E-state index is 0.121. The summed E-state index contributed by atoms with van der Waals surface area (Å²) in [6.07, 6.45) is 2.64. The minimum atomic E-state index is -0.789. The zero-order valence-corrected chi connectivity index (χ0v) is 13.8. The highest BCUT2D eigenvalue weighted by Crippen LogP contribution is 2.26. The van der Waals surface area contributed by atoms with Crippen molar-refractivity contribution in [2.45, 2.75) is 19.4 Å². The third-order valence-corrected chi connectivity index (χ3v) is 4.42. The van der Waals surface area contributed by atoms with Crippen molar-refractivity contribution in [2.75, 3.05) is 0 Å². The molecule has 3 rings (SSSR count). The van der Waals surface area contributed by atoms with Crippen molar-refractivity contribution >= 4 is 40.1 Å². The quantitative estimate of drug-likeness (QED) is 0.704. The van der Waals surface area contributed by atoms with Crippen molar-refractivity contribution in [3.05, 3.63) is 69.8 Å². The maximum Gasteiger partial charge on any atom is 0.303 e. The maximum absolute atomic E-state index is 10.8. The summed E-state index contributed by atoms with van der Waals surface area (Å²) in [7, 11) is 0. The number of fused-ring (bicyclic) bond motifs is 1. The molecule has 0 unspecified atom stereocenters. The van der Waals surface area contributed by atoms with Gasteiger partial charge in [-0.2, -0.15) is 0 Å². The second-order valence-electron chi connectivity index (χ2n) is 5.43. The van der Waals surface area contributed by atoms with Crippen LogP contribution in [-0.2, 0) is 17.8 Å². The number of aliphatic carboxylic acids is 1. The number of benzene rings is 2. The van der Waals surface area contributed by atoms with Crippen LogP contribution < -0.4 is 0 Å². The molecule has 23 heavy (non-hydrogen) atoms. The van der Waals surface area contributed by atoms with Gasteiger partial charge in [-0.15, -0.1) is 0 Å². The average Bonchev–Trinajstić information content (AvgIpc) is 2.86. The van der Waals surface area contributed by atoms with E-state index in [0.717, 1.165) is 22.0 Å². The summed E-state index contributed by atoms with van der Waals surface area (Å²) in [5.74, 6) is -0.789. The third-order valence-electron chi connectivity index (χ3n) is 3.84. The highest BCUT2D eigenvalue weighted by atomic mass is 35.5. The number of carboxylic acid groups (broad SMARTS) is 1. The van der Waals surface area contributed by atoms with Gasteiger partial charge < -0.3 is 9.67 Å². The lowest BCUT2D eigenvalue weighted by Crippen LogP contribution is -1.99. The first-order chi connectivity index (χ1) is 11.0. The molecule has 1 heterocycles. The van der Waals surface area contributed by atoms with Crippen molar-refractivity contribution in [2.24, 2.45) is 0 Å². The van der Waals surface area contributed by atoms with Crippen LogP contribution in [-0.4, -0.2) is 15.6 Å². The highest BCUT2D eigenvalue weighted by molar-refractivity contribution is 6.35. The summed E-state index contributed by atoms with van der Waals surface area (Å²) in [6, 6.07) is 13.5. The van der Waals surface area contributed by atoms with Crippen molar-refractivity contribution in [1.29, 1.82) is 0 Å². The largest absolute Gasteiger partial charge is 0.481 e. The van der Waals surface area contributed by atoms with E-state index in [1.807, 2.05) is 42.6 Å². The Kier molecular flexibility index (Phi) is 4.60. The number of nitrogens with zero attached hydrogens (tertiary/aromatic N) is 1. The number of rotatable bonds is 5. The van der Waals surface area contributed by atoms with Crippen LogP contribution >= 0.6 is 23.2 Å². The number of carbonyl (C=O) groups is 1. The molecule has 0 amide bonds. The van der Waals surface area contributed by atoms with Crippen molar-refractivity contribution in [3.63, 3.8) is 0 Å². The molecule has 0 aliphatic carbocycles. The summed E-state index contributed by atoms with van der Waals surface area (Å²) >= 11 is 12.2. The molecule has 0 aliphatic heterocycles. The molecule has 2 aromatic carbocycles. The van der Waals surface area contributed by atoms with Gasteiger partial charge in [0.1, 0.15) is 0 Å². The molecule has 0 fully saturated rings. The first kappa shape index (κ1) is 15.9. The summed E-state index contributed by atoms with van der Waals surface area (Å²) in [5.41, 5.74) is 3.08. The molecular weight excluding hydrogens is 333 g/mol. The zero-order valence-electron chi connectivity index (χ0n) is 12.3. The third kappa shape index (κ3) is 3.52. The molecule has 0 atom stereocenters. The van der Waals surface area contributed by atoms with Gasteiger partial charge in [0.15, 0.2) is 0 Å². The molecular formula is C18H15Cl2NO2. The normalized spacial score (nSPS) is 11.0. The smallest absolute Gasteiger partial charge is 0.303 e. The average molecular weight is 348 g/mol. The van der Waals surface area contributed by atoms with Gasteiger partial charge in [0.05, 0.1) is 0 Å². The predicted molar refractivity (Wildman–Crippen MR) is 93.5 cm³/mol. The fourth-order valence-electron chi connectivity index (χ4n) is 2.73. The van der Waals surface area contributed by atoms with E-state index in [1.165, 1.54) is 0 Å². The van der Waals surface area contributed by atoms with Crippen molar-refractivity contribution < 1.29 is 9.90 Å². The fourth-order valence-corrected chi connectivity index (χ4v) is 3.20. The number of carboxylic acids is 1. The topological polar surface area (TPSA) is 42.2 Å². The molecule has 118 valence electrons. The molecule has 5 heteroatoms. The van der Waals surface area contributed by atoms with E-state index in [0.29, 0.717) is 23.0 Å². The Labute approximate surface area is 144 Å². The lowest BCUT2D eigenvalue weighted by atomic mass is 10.1. The van der Waals surface area contributed by atoms with Crippen LogP contribution in [0.15, 0.2) is 48.7 Å². The summed E-state index contributed by atoms with van der Waals surface area (Å²) < 4.78 is 2.10. The van der Waals surface area contributed by atoms with Crippen LogP contribution in [0.4, 0.5) is 0 Å². The Balaban J connectivity index is 1.98. The second-order valence-corrected chi connectivity index (χ2v) is 6.27. The SMILES string of the molecule is O=C(O)CCc1cn(Cc2ccc(Cl)cc2Cl)c2ccccc12. The van der Waals surface area contributed by atoms with Crippen LogP contribution in [0.5, 0.6) is 0 Å². The van der Waals surface area contributed by atoms with Gasteiger partial charge in [0.2, 0.25) is 0 Å². The molecule has 0 spiro atoms. The van der Waals surface area contributed by atoms with Crippen molar-refractivity contribution in [3.8, 4) is 0 Å². The van der Waals surface area contributed by atoms with E-state index in [-0.39, 0.29) is 6.42 Å². The van der Waals surface area contributed by atoms with Crippen molar-refractivity contribution in [1.82, 2.24) is 4.57 Å².